The van der Waals surface area contributed by atoms with Crippen LogP contribution in [0.1, 0.15) is 10.4 Å². The molecule has 0 spiro atoms. The van der Waals surface area contributed by atoms with Crippen LogP contribution in [0.5, 0.6) is 0 Å². The Labute approximate surface area is 121 Å². The molecule has 8 heteroatoms. The Morgan fingerprint density at radius 3 is 2.79 bits per heavy atom. The monoisotopic (exact) mass is 346 g/mol. The average molecular weight is 348 g/mol. The molecular formula is C11H9BrClFN4O. The molecule has 0 atom stereocenters. The van der Waals surface area contributed by atoms with E-state index in [1.165, 1.54) is 16.9 Å². The van der Waals surface area contributed by atoms with Crippen molar-refractivity contribution in [2.45, 2.75) is 0 Å². The molecule has 0 aliphatic heterocycles. The van der Waals surface area contributed by atoms with E-state index in [-0.39, 0.29) is 22.1 Å². The smallest absolute Gasteiger partial charge is 0.261 e. The third-order valence-corrected chi connectivity index (χ3v) is 3.40. The van der Waals surface area contributed by atoms with Crippen molar-refractivity contribution in [2.75, 3.05) is 11.1 Å². The summed E-state index contributed by atoms with van der Waals surface area (Å²) in [6.45, 7) is 0. The van der Waals surface area contributed by atoms with Gasteiger partial charge in [0.1, 0.15) is 17.2 Å². The number of nitrogens with zero attached hydrogens (tertiary/aromatic N) is 2. The number of halogens is 3. The van der Waals surface area contributed by atoms with Crippen LogP contribution < -0.4 is 11.1 Å². The first-order chi connectivity index (χ1) is 8.90. The van der Waals surface area contributed by atoms with Crippen LogP contribution in [0.2, 0.25) is 5.02 Å². The number of aromatic nitrogens is 2. The van der Waals surface area contributed by atoms with Crippen molar-refractivity contribution in [3.8, 4) is 0 Å². The number of rotatable bonds is 2. The summed E-state index contributed by atoms with van der Waals surface area (Å²) in [4.78, 5) is 12.0. The minimum atomic E-state index is -0.504. The molecule has 0 aliphatic rings. The second-order valence-electron chi connectivity index (χ2n) is 3.77. The number of hydrogen-bond donors (Lipinski definition) is 2. The molecule has 1 aromatic carbocycles. The summed E-state index contributed by atoms with van der Waals surface area (Å²) in [5.41, 5.74) is 6.18. The summed E-state index contributed by atoms with van der Waals surface area (Å²) >= 11 is 9.01. The summed E-state index contributed by atoms with van der Waals surface area (Å²) < 4.78 is 14.8. The number of amides is 1. The third-order valence-electron chi connectivity index (χ3n) is 2.47. The highest BCUT2D eigenvalue weighted by Crippen LogP contribution is 2.32. The van der Waals surface area contributed by atoms with E-state index in [9.17, 15) is 9.18 Å². The summed E-state index contributed by atoms with van der Waals surface area (Å²) in [5, 5.41) is 6.51. The van der Waals surface area contributed by atoms with E-state index >= 15 is 0 Å². The summed E-state index contributed by atoms with van der Waals surface area (Å²) in [5.74, 6) is -0.748. The van der Waals surface area contributed by atoms with Crippen LogP contribution in [0.15, 0.2) is 22.8 Å². The van der Waals surface area contributed by atoms with Crippen molar-refractivity contribution < 1.29 is 9.18 Å². The zero-order valence-electron chi connectivity index (χ0n) is 9.75. The van der Waals surface area contributed by atoms with E-state index in [1.807, 2.05) is 0 Å². The molecule has 0 radical (unpaired) electrons. The van der Waals surface area contributed by atoms with Gasteiger partial charge in [0.05, 0.1) is 16.9 Å². The first-order valence-corrected chi connectivity index (χ1v) is 6.30. The molecule has 2 aromatic rings. The maximum Gasteiger partial charge on any atom is 0.261 e. The number of nitrogen functional groups attached to an aromatic ring is 1. The van der Waals surface area contributed by atoms with Crippen molar-refractivity contribution in [3.63, 3.8) is 0 Å². The van der Waals surface area contributed by atoms with E-state index < -0.39 is 11.7 Å². The van der Waals surface area contributed by atoms with Crippen molar-refractivity contribution in [2.24, 2.45) is 7.05 Å². The molecule has 2 rings (SSSR count). The van der Waals surface area contributed by atoms with Gasteiger partial charge in [-0.25, -0.2) is 4.39 Å². The highest BCUT2D eigenvalue weighted by Gasteiger charge is 2.17. The molecule has 100 valence electrons. The van der Waals surface area contributed by atoms with Crippen LogP contribution in [0.25, 0.3) is 0 Å². The lowest BCUT2D eigenvalue weighted by atomic mass is 10.2. The van der Waals surface area contributed by atoms with Gasteiger partial charge >= 0.3 is 0 Å². The van der Waals surface area contributed by atoms with Gasteiger partial charge in [-0.1, -0.05) is 11.6 Å². The molecule has 0 fully saturated rings. The van der Waals surface area contributed by atoms with Gasteiger partial charge in [0, 0.05) is 11.5 Å². The Balaban J connectivity index is 2.32. The van der Waals surface area contributed by atoms with Gasteiger partial charge in [-0.2, -0.15) is 5.10 Å². The van der Waals surface area contributed by atoms with E-state index in [0.717, 1.165) is 6.07 Å². The van der Waals surface area contributed by atoms with Crippen LogP contribution in [0.4, 0.5) is 15.9 Å². The number of nitrogens with one attached hydrogen (secondary N) is 1. The molecule has 5 nitrogen and oxygen atoms in total. The molecule has 1 heterocycles. The predicted octanol–water partition coefficient (Wildman–Crippen LogP) is 2.81. The lowest BCUT2D eigenvalue weighted by Crippen LogP contribution is -2.14. The fourth-order valence-electron chi connectivity index (χ4n) is 1.46. The number of benzene rings is 1. The Hall–Kier alpha value is -1.60. The first-order valence-electron chi connectivity index (χ1n) is 5.13. The normalized spacial score (nSPS) is 10.5. The van der Waals surface area contributed by atoms with Gasteiger partial charge in [-0.15, -0.1) is 0 Å². The topological polar surface area (TPSA) is 72.9 Å². The van der Waals surface area contributed by atoms with Gasteiger partial charge in [-0.05, 0) is 28.1 Å². The van der Waals surface area contributed by atoms with Crippen LogP contribution in [0.3, 0.4) is 0 Å². The van der Waals surface area contributed by atoms with E-state index in [0.29, 0.717) is 4.47 Å². The molecule has 1 aromatic heterocycles. The minimum absolute atomic E-state index is 0.0858. The van der Waals surface area contributed by atoms with Gasteiger partial charge in [0.25, 0.3) is 5.91 Å². The third kappa shape index (κ3) is 2.71. The fourth-order valence-corrected chi connectivity index (χ4v) is 2.36. The largest absolute Gasteiger partial charge is 0.383 e. The fraction of sp³-hybridized carbons (Fsp3) is 0.0909. The maximum absolute atomic E-state index is 13.1. The predicted molar refractivity (Wildman–Crippen MR) is 74.7 cm³/mol. The molecule has 0 bridgehead atoms. The average Bonchev–Trinajstić information content (AvgIpc) is 2.64. The zero-order valence-corrected chi connectivity index (χ0v) is 12.1. The number of carbonyl (C=O) groups excluding carboxylic acids is 1. The van der Waals surface area contributed by atoms with Gasteiger partial charge in [-0.3, -0.25) is 9.48 Å². The quantitative estimate of drug-likeness (QED) is 0.877. The second-order valence-corrected chi connectivity index (χ2v) is 5.03. The van der Waals surface area contributed by atoms with Gasteiger partial charge in [0.15, 0.2) is 0 Å². The Morgan fingerprint density at radius 2 is 2.26 bits per heavy atom. The van der Waals surface area contributed by atoms with E-state index in [4.69, 9.17) is 17.3 Å². The SMILES string of the molecule is Cn1ncc(C(=O)Nc2c(Cl)cc(F)cc2Br)c1N. The zero-order chi connectivity index (χ0) is 14.2. The second kappa shape index (κ2) is 5.18. The Morgan fingerprint density at radius 1 is 1.58 bits per heavy atom. The summed E-state index contributed by atoms with van der Waals surface area (Å²) in [7, 11) is 1.62. The summed E-state index contributed by atoms with van der Waals surface area (Å²) in [6.07, 6.45) is 1.34. The first kappa shape index (κ1) is 13.8. The molecule has 0 saturated heterocycles. The highest BCUT2D eigenvalue weighted by atomic mass is 79.9. The van der Waals surface area contributed by atoms with Crippen LogP contribution in [-0.4, -0.2) is 15.7 Å². The molecular weight excluding hydrogens is 339 g/mol. The van der Waals surface area contributed by atoms with Crippen LogP contribution in [-0.2, 0) is 7.05 Å². The Kier molecular flexibility index (Phi) is 3.77. The standard InChI is InChI=1S/C11H9BrClFN4O/c1-18-10(15)6(4-16-18)11(19)17-9-7(12)2-5(14)3-8(9)13/h2-4H,15H2,1H3,(H,17,19). The van der Waals surface area contributed by atoms with Gasteiger partial charge < -0.3 is 11.1 Å². The molecule has 19 heavy (non-hydrogen) atoms. The molecule has 0 aliphatic carbocycles. The van der Waals surface area contributed by atoms with E-state index in [1.54, 1.807) is 7.05 Å². The van der Waals surface area contributed by atoms with E-state index in [2.05, 4.69) is 26.3 Å². The van der Waals surface area contributed by atoms with Crippen LogP contribution in [0, 0.1) is 5.82 Å². The van der Waals surface area contributed by atoms with Gasteiger partial charge in [0.2, 0.25) is 0 Å². The molecule has 1 amide bonds. The minimum Gasteiger partial charge on any atom is -0.383 e. The lowest BCUT2D eigenvalue weighted by molar-refractivity contribution is 0.102. The summed E-state index contributed by atoms with van der Waals surface area (Å²) in [6, 6.07) is 2.31. The number of anilines is 2. The Bertz CT molecular complexity index is 635. The van der Waals surface area contributed by atoms with Crippen molar-refractivity contribution >= 4 is 44.9 Å². The van der Waals surface area contributed by atoms with Crippen molar-refractivity contribution in [1.82, 2.24) is 9.78 Å². The van der Waals surface area contributed by atoms with Crippen LogP contribution >= 0.6 is 27.5 Å². The number of hydrogen-bond acceptors (Lipinski definition) is 3. The maximum atomic E-state index is 13.1. The highest BCUT2D eigenvalue weighted by molar-refractivity contribution is 9.10. The number of carbonyl (C=O) groups is 1. The van der Waals surface area contributed by atoms with Crippen molar-refractivity contribution in [1.29, 1.82) is 0 Å². The number of nitrogens with two attached hydrogens (primary N) is 1. The lowest BCUT2D eigenvalue weighted by Gasteiger charge is -2.09. The molecule has 0 saturated carbocycles. The van der Waals surface area contributed by atoms with Crippen molar-refractivity contribution in [3.05, 3.63) is 39.2 Å². The molecule has 0 unspecified atom stereocenters. The number of aryl methyl sites for hydroxylation is 1. The molecule has 3 N–H and O–H groups in total.